The van der Waals surface area contributed by atoms with Gasteiger partial charge in [-0.15, -0.1) is 0 Å². The summed E-state index contributed by atoms with van der Waals surface area (Å²) in [5.41, 5.74) is 1.62. The molecular formula is C25H25FN4O4. The van der Waals surface area contributed by atoms with Gasteiger partial charge >= 0.3 is 11.8 Å². The number of halogens is 1. The Bertz CT molecular complexity index is 1130. The molecule has 1 saturated heterocycles. The Morgan fingerprint density at radius 3 is 2.47 bits per heavy atom. The second kappa shape index (κ2) is 10.7. The monoisotopic (exact) mass is 464 g/mol. The van der Waals surface area contributed by atoms with Crippen LogP contribution in [0.15, 0.2) is 66.9 Å². The number of rotatable bonds is 7. The van der Waals surface area contributed by atoms with Crippen LogP contribution in [-0.2, 0) is 0 Å². The van der Waals surface area contributed by atoms with Gasteiger partial charge in [0, 0.05) is 37.5 Å². The van der Waals surface area contributed by atoms with Crippen molar-refractivity contribution in [3.63, 3.8) is 0 Å². The van der Waals surface area contributed by atoms with Gasteiger partial charge in [-0.2, -0.15) is 0 Å². The maximum absolute atomic E-state index is 13.1. The van der Waals surface area contributed by atoms with Gasteiger partial charge in [0.1, 0.15) is 11.6 Å². The first-order valence-corrected chi connectivity index (χ1v) is 11.2. The van der Waals surface area contributed by atoms with E-state index >= 15 is 0 Å². The van der Waals surface area contributed by atoms with E-state index in [4.69, 9.17) is 4.74 Å². The SMILES string of the molecule is O=C(NCCC1CCN(c2ccc(-c3ccc(F)cc3)cn2)CC1)Oc1ccccc1[N+](=O)[O-]. The molecule has 1 aliphatic rings. The first-order valence-electron chi connectivity index (χ1n) is 11.2. The lowest BCUT2D eigenvalue weighted by Crippen LogP contribution is -2.36. The third-order valence-electron chi connectivity index (χ3n) is 5.95. The van der Waals surface area contributed by atoms with Crippen molar-refractivity contribution in [3.05, 3.63) is 82.8 Å². The van der Waals surface area contributed by atoms with Crippen molar-refractivity contribution in [1.29, 1.82) is 0 Å². The molecule has 1 aromatic heterocycles. The van der Waals surface area contributed by atoms with Crippen molar-refractivity contribution in [1.82, 2.24) is 10.3 Å². The molecule has 8 nitrogen and oxygen atoms in total. The average Bonchev–Trinajstić information content (AvgIpc) is 2.85. The van der Waals surface area contributed by atoms with Crippen molar-refractivity contribution in [2.45, 2.75) is 19.3 Å². The normalized spacial score (nSPS) is 14.0. The van der Waals surface area contributed by atoms with Crippen molar-refractivity contribution < 1.29 is 18.8 Å². The van der Waals surface area contributed by atoms with E-state index in [2.05, 4.69) is 15.2 Å². The van der Waals surface area contributed by atoms with Gasteiger partial charge in [-0.25, -0.2) is 14.2 Å². The van der Waals surface area contributed by atoms with E-state index in [1.165, 1.54) is 30.3 Å². The quantitative estimate of drug-likeness (QED) is 0.382. The minimum absolute atomic E-state index is 0.0729. The Morgan fingerprint density at radius 2 is 1.79 bits per heavy atom. The lowest BCUT2D eigenvalue weighted by atomic mass is 9.93. The summed E-state index contributed by atoms with van der Waals surface area (Å²) in [6.07, 6.45) is 3.86. The van der Waals surface area contributed by atoms with Gasteiger partial charge in [0.2, 0.25) is 5.75 Å². The fourth-order valence-corrected chi connectivity index (χ4v) is 4.05. The summed E-state index contributed by atoms with van der Waals surface area (Å²) >= 11 is 0. The van der Waals surface area contributed by atoms with Gasteiger partial charge in [0.25, 0.3) is 0 Å². The molecule has 1 N–H and O–H groups in total. The van der Waals surface area contributed by atoms with Crippen LogP contribution < -0.4 is 15.0 Å². The molecule has 34 heavy (non-hydrogen) atoms. The predicted octanol–water partition coefficient (Wildman–Crippen LogP) is 5.19. The van der Waals surface area contributed by atoms with Gasteiger partial charge in [-0.1, -0.05) is 24.3 Å². The number of anilines is 1. The maximum atomic E-state index is 13.1. The third kappa shape index (κ3) is 5.86. The van der Waals surface area contributed by atoms with Crippen LogP contribution in [0.4, 0.5) is 20.7 Å². The van der Waals surface area contributed by atoms with Crippen LogP contribution in [0.1, 0.15) is 19.3 Å². The fourth-order valence-electron chi connectivity index (χ4n) is 4.05. The average molecular weight is 464 g/mol. The number of amides is 1. The number of nitrogens with one attached hydrogen (secondary N) is 1. The molecule has 1 aliphatic heterocycles. The number of aromatic nitrogens is 1. The van der Waals surface area contributed by atoms with Crippen LogP contribution >= 0.6 is 0 Å². The van der Waals surface area contributed by atoms with E-state index in [-0.39, 0.29) is 17.3 Å². The minimum Gasteiger partial charge on any atom is -0.403 e. The number of nitro groups is 1. The van der Waals surface area contributed by atoms with Crippen LogP contribution in [0.2, 0.25) is 0 Å². The number of benzene rings is 2. The molecule has 0 bridgehead atoms. The van der Waals surface area contributed by atoms with Gasteiger partial charge < -0.3 is 15.0 Å². The summed E-state index contributed by atoms with van der Waals surface area (Å²) in [4.78, 5) is 29.3. The predicted molar refractivity (Wildman–Crippen MR) is 126 cm³/mol. The molecule has 3 aromatic rings. The molecular weight excluding hydrogens is 439 g/mol. The van der Waals surface area contributed by atoms with E-state index < -0.39 is 11.0 Å². The summed E-state index contributed by atoms with van der Waals surface area (Å²) < 4.78 is 18.2. The van der Waals surface area contributed by atoms with Gasteiger partial charge in [0.15, 0.2) is 0 Å². The van der Waals surface area contributed by atoms with Crippen LogP contribution in [0, 0.1) is 21.8 Å². The zero-order valence-electron chi connectivity index (χ0n) is 18.5. The van der Waals surface area contributed by atoms with E-state index in [1.807, 2.05) is 12.1 Å². The lowest BCUT2D eigenvalue weighted by Gasteiger charge is -2.32. The molecule has 1 fully saturated rings. The summed E-state index contributed by atoms with van der Waals surface area (Å²) in [6, 6.07) is 16.1. The van der Waals surface area contributed by atoms with Crippen LogP contribution in [0.25, 0.3) is 11.1 Å². The molecule has 0 radical (unpaired) electrons. The largest absolute Gasteiger partial charge is 0.412 e. The van der Waals surface area contributed by atoms with Crippen molar-refractivity contribution in [2.75, 3.05) is 24.5 Å². The smallest absolute Gasteiger partial charge is 0.403 e. The molecule has 176 valence electrons. The highest BCUT2D eigenvalue weighted by Crippen LogP contribution is 2.27. The number of ether oxygens (including phenoxy) is 1. The van der Waals surface area contributed by atoms with Crippen molar-refractivity contribution in [2.24, 2.45) is 5.92 Å². The molecule has 4 rings (SSSR count). The van der Waals surface area contributed by atoms with Gasteiger partial charge in [-0.05, 0) is 61.1 Å². The van der Waals surface area contributed by atoms with Crippen molar-refractivity contribution >= 4 is 17.6 Å². The molecule has 0 atom stereocenters. The van der Waals surface area contributed by atoms with E-state index in [9.17, 15) is 19.3 Å². The lowest BCUT2D eigenvalue weighted by molar-refractivity contribution is -0.385. The molecule has 2 aromatic carbocycles. The Kier molecular flexibility index (Phi) is 7.31. The minimum atomic E-state index is -0.697. The zero-order valence-corrected chi connectivity index (χ0v) is 18.5. The molecule has 0 spiro atoms. The topological polar surface area (TPSA) is 97.6 Å². The molecule has 0 saturated carbocycles. The number of hydrogen-bond acceptors (Lipinski definition) is 6. The Balaban J connectivity index is 1.20. The molecule has 1 amide bonds. The number of para-hydroxylation sites is 2. The second-order valence-corrected chi connectivity index (χ2v) is 8.17. The van der Waals surface area contributed by atoms with Gasteiger partial charge in [-0.3, -0.25) is 10.1 Å². The highest BCUT2D eigenvalue weighted by atomic mass is 19.1. The highest BCUT2D eigenvalue weighted by Gasteiger charge is 2.21. The summed E-state index contributed by atoms with van der Waals surface area (Å²) in [7, 11) is 0. The van der Waals surface area contributed by atoms with E-state index in [1.54, 1.807) is 24.4 Å². The summed E-state index contributed by atoms with van der Waals surface area (Å²) in [6.45, 7) is 2.18. The standard InChI is InChI=1S/C25H25FN4O4/c26-21-8-5-19(6-9-21)20-7-10-24(28-17-20)29-15-12-18(13-16-29)11-14-27-25(31)34-23-4-2-1-3-22(23)30(32)33/h1-10,17-18H,11-16H2,(H,27,31). The second-order valence-electron chi connectivity index (χ2n) is 8.17. The number of pyridine rings is 1. The highest BCUT2D eigenvalue weighted by molar-refractivity contribution is 5.72. The number of nitrogens with zero attached hydrogens (tertiary/aromatic N) is 3. The van der Waals surface area contributed by atoms with Gasteiger partial charge in [0.05, 0.1) is 4.92 Å². The van der Waals surface area contributed by atoms with E-state index in [0.717, 1.165) is 49.3 Å². The summed E-state index contributed by atoms with van der Waals surface area (Å²) in [5, 5.41) is 13.7. The van der Waals surface area contributed by atoms with Crippen LogP contribution in [-0.4, -0.2) is 35.6 Å². The molecule has 0 aliphatic carbocycles. The summed E-state index contributed by atoms with van der Waals surface area (Å²) in [5.74, 6) is 1.04. The molecule has 9 heteroatoms. The van der Waals surface area contributed by atoms with Crippen molar-refractivity contribution in [3.8, 4) is 16.9 Å². The number of nitro benzene ring substituents is 1. The first-order chi connectivity index (χ1) is 16.5. The van der Waals surface area contributed by atoms with E-state index in [0.29, 0.717) is 12.5 Å². The maximum Gasteiger partial charge on any atom is 0.412 e. The number of carbonyl (C=O) groups is 1. The third-order valence-corrected chi connectivity index (χ3v) is 5.95. The van der Waals surface area contributed by atoms with Crippen LogP contribution in [0.3, 0.4) is 0 Å². The van der Waals surface area contributed by atoms with Crippen LogP contribution in [0.5, 0.6) is 5.75 Å². The molecule has 0 unspecified atom stereocenters. The Hall–Kier alpha value is -4.01. The number of hydrogen-bond donors (Lipinski definition) is 1. The first kappa shape index (κ1) is 23.2. The molecule has 2 heterocycles. The Morgan fingerprint density at radius 1 is 1.09 bits per heavy atom. The number of carbonyl (C=O) groups excluding carboxylic acids is 1. The Labute approximate surface area is 196 Å². The fraction of sp³-hybridized carbons (Fsp3) is 0.280. The zero-order chi connectivity index (χ0) is 23.9. The number of piperidine rings is 1.